The Hall–Kier alpha value is -3.34. The van der Waals surface area contributed by atoms with Crippen molar-refractivity contribution in [3.63, 3.8) is 0 Å². The van der Waals surface area contributed by atoms with Gasteiger partial charge < -0.3 is 25.5 Å². The number of aliphatic imine (C=N–C) groups is 1. The number of halogens is 2. The summed E-state index contributed by atoms with van der Waals surface area (Å²) in [6.07, 6.45) is 2.36. The molecule has 0 spiro atoms. The van der Waals surface area contributed by atoms with Gasteiger partial charge in [0.1, 0.15) is 0 Å². The normalized spacial score (nSPS) is 27.3. The summed E-state index contributed by atoms with van der Waals surface area (Å²) < 4.78 is 1.67. The summed E-state index contributed by atoms with van der Waals surface area (Å²) >= 11 is 12.5. The second-order valence-electron chi connectivity index (χ2n) is 14.6. The van der Waals surface area contributed by atoms with E-state index < -0.39 is 6.10 Å². The molecule has 0 radical (unpaired) electrons. The van der Waals surface area contributed by atoms with Gasteiger partial charge in [0.25, 0.3) is 5.56 Å². The Bertz CT molecular complexity index is 1800. The van der Waals surface area contributed by atoms with Gasteiger partial charge in [-0.3, -0.25) is 14.2 Å². The molecule has 250 valence electrons. The highest BCUT2D eigenvalue weighted by Crippen LogP contribution is 2.61. The first-order valence-corrected chi connectivity index (χ1v) is 17.4. The number of rotatable bonds is 6. The van der Waals surface area contributed by atoms with Gasteiger partial charge >= 0.3 is 0 Å². The van der Waals surface area contributed by atoms with Crippen molar-refractivity contribution in [2.45, 2.75) is 71.7 Å². The summed E-state index contributed by atoms with van der Waals surface area (Å²) in [5.41, 5.74) is 2.38. The topological polar surface area (TPSA) is 115 Å². The molecular formula is C35H43Cl2N7O3. The molecular weight excluding hydrogens is 637 g/mol. The predicted octanol–water partition coefficient (Wildman–Crippen LogP) is 4.79. The van der Waals surface area contributed by atoms with E-state index in [0.717, 1.165) is 17.7 Å². The van der Waals surface area contributed by atoms with Crippen LogP contribution in [0.15, 0.2) is 46.2 Å². The Balaban J connectivity index is 1.21. The summed E-state index contributed by atoms with van der Waals surface area (Å²) in [7, 11) is 0. The van der Waals surface area contributed by atoms with Gasteiger partial charge in [-0.1, -0.05) is 50.0 Å². The number of hydrogen-bond acceptors (Lipinski definition) is 6. The number of aliphatic hydroxyl groups excluding tert-OH is 1. The average molecular weight is 681 g/mol. The van der Waals surface area contributed by atoms with Crippen molar-refractivity contribution < 1.29 is 9.90 Å². The van der Waals surface area contributed by atoms with Gasteiger partial charge in [-0.25, -0.2) is 9.98 Å². The number of aliphatic hydroxyl groups is 1. The number of benzene rings is 2. The van der Waals surface area contributed by atoms with Crippen LogP contribution < -0.4 is 21.1 Å². The molecule has 5 fully saturated rings. The molecule has 5 atom stereocenters. The van der Waals surface area contributed by atoms with E-state index in [-0.39, 0.29) is 30.1 Å². The highest BCUT2D eigenvalue weighted by Gasteiger charge is 2.56. The van der Waals surface area contributed by atoms with Crippen LogP contribution in [0.3, 0.4) is 0 Å². The van der Waals surface area contributed by atoms with Crippen LogP contribution in [-0.2, 0) is 17.8 Å². The summed E-state index contributed by atoms with van der Waals surface area (Å²) in [5, 5.41) is 18.2. The summed E-state index contributed by atoms with van der Waals surface area (Å²) in [4.78, 5) is 40.8. The Morgan fingerprint density at radius 3 is 2.57 bits per heavy atom. The number of nitrogens with zero attached hydrogens (tertiary/aromatic N) is 5. The van der Waals surface area contributed by atoms with Gasteiger partial charge in [0.2, 0.25) is 11.9 Å². The number of fused-ring (bicyclic) bond motifs is 3. The summed E-state index contributed by atoms with van der Waals surface area (Å²) in [6.45, 7) is 11.1. The van der Waals surface area contributed by atoms with Crippen molar-refractivity contribution >= 4 is 57.6 Å². The van der Waals surface area contributed by atoms with Crippen molar-refractivity contribution in [2.24, 2.45) is 28.2 Å². The molecule has 8 rings (SSSR count). The van der Waals surface area contributed by atoms with Gasteiger partial charge in [0.05, 0.1) is 29.6 Å². The quantitative estimate of drug-likeness (QED) is 0.254. The monoisotopic (exact) mass is 679 g/mol. The standard InChI is InChI=1S/C35H43Cl2N7O3/c1-19-15-42(18-31(46)38-19)33(40-29-12-22-11-27(20(29)2)35(22,3)4)39-24-7-8-26-30(14-24)41-34(43-16-25(45)17-43)44(32(26)47)10-9-21-5-6-23(36)13-28(21)37/h5-8,13-14,19-20,22,25,27,29,45H,9-12,15-18H2,1-4H3,(H,38,46)(H,39,40)/t19-,20-,22-,27+,29?/m0/s1. The predicted molar refractivity (Wildman–Crippen MR) is 188 cm³/mol. The molecule has 2 saturated heterocycles. The third-order valence-corrected chi connectivity index (χ3v) is 11.7. The van der Waals surface area contributed by atoms with E-state index in [0.29, 0.717) is 88.6 Å². The first-order valence-electron chi connectivity index (χ1n) is 16.7. The number of β-amino-alcohol motifs (C(OH)–C–C–N with tert-alkyl or cyclic N) is 1. The number of guanidine groups is 1. The third-order valence-electron chi connectivity index (χ3n) is 11.1. The molecule has 3 N–H and O–H groups in total. The van der Waals surface area contributed by atoms with Crippen LogP contribution in [0, 0.1) is 23.2 Å². The largest absolute Gasteiger partial charge is 0.389 e. The number of carbonyl (C=O) groups is 1. The highest BCUT2D eigenvalue weighted by molar-refractivity contribution is 6.35. The zero-order valence-electron chi connectivity index (χ0n) is 27.3. The maximum atomic E-state index is 14.0. The lowest BCUT2D eigenvalue weighted by Crippen LogP contribution is -2.58. The minimum atomic E-state index is -0.462. The molecule has 1 amide bonds. The van der Waals surface area contributed by atoms with E-state index in [1.54, 1.807) is 22.8 Å². The van der Waals surface area contributed by atoms with Gasteiger partial charge in [0, 0.05) is 48.0 Å². The molecule has 5 aliphatic rings. The Kier molecular flexibility index (Phi) is 8.42. The van der Waals surface area contributed by atoms with Gasteiger partial charge in [-0.15, -0.1) is 0 Å². The molecule has 3 heterocycles. The zero-order chi connectivity index (χ0) is 33.2. The molecule has 3 aromatic rings. The van der Waals surface area contributed by atoms with Crippen molar-refractivity contribution in [2.75, 3.05) is 36.4 Å². The van der Waals surface area contributed by atoms with Crippen LogP contribution in [-0.4, -0.2) is 75.8 Å². The van der Waals surface area contributed by atoms with E-state index in [2.05, 4.69) is 31.4 Å². The first-order chi connectivity index (χ1) is 22.4. The van der Waals surface area contributed by atoms with Crippen LogP contribution in [0.1, 0.15) is 46.1 Å². The van der Waals surface area contributed by atoms with Crippen LogP contribution in [0.5, 0.6) is 0 Å². The molecule has 1 aromatic heterocycles. The number of nitrogens with one attached hydrogen (secondary N) is 2. The van der Waals surface area contributed by atoms with Crippen LogP contribution in [0.4, 0.5) is 11.6 Å². The van der Waals surface area contributed by atoms with Crippen molar-refractivity contribution in [1.82, 2.24) is 19.8 Å². The minimum absolute atomic E-state index is 0.00621. The lowest BCUT2D eigenvalue weighted by Gasteiger charge is -2.61. The first kappa shape index (κ1) is 32.2. The molecule has 47 heavy (non-hydrogen) atoms. The van der Waals surface area contributed by atoms with Crippen molar-refractivity contribution in [3.05, 3.63) is 62.4 Å². The fourth-order valence-corrected chi connectivity index (χ4v) is 8.68. The maximum Gasteiger partial charge on any atom is 0.262 e. The van der Waals surface area contributed by atoms with Crippen molar-refractivity contribution in [1.29, 1.82) is 0 Å². The fourth-order valence-electron chi connectivity index (χ4n) is 8.17. The zero-order valence-corrected chi connectivity index (χ0v) is 28.9. The second-order valence-corrected chi connectivity index (χ2v) is 15.4. The number of anilines is 2. The maximum absolute atomic E-state index is 14.0. The van der Waals surface area contributed by atoms with Crippen LogP contribution >= 0.6 is 23.2 Å². The van der Waals surface area contributed by atoms with E-state index >= 15 is 0 Å². The lowest BCUT2D eigenvalue weighted by molar-refractivity contribution is -0.124. The number of piperazine rings is 1. The molecule has 2 aliphatic heterocycles. The molecule has 2 aromatic carbocycles. The Labute approximate surface area is 285 Å². The van der Waals surface area contributed by atoms with E-state index in [1.165, 1.54) is 6.42 Å². The number of hydrogen-bond donors (Lipinski definition) is 3. The van der Waals surface area contributed by atoms with Gasteiger partial charge in [-0.05, 0) is 85.3 Å². The molecule has 2 bridgehead atoms. The fraction of sp³-hybridized carbons (Fsp3) is 0.543. The van der Waals surface area contributed by atoms with Crippen LogP contribution in [0.25, 0.3) is 10.9 Å². The molecule has 12 heteroatoms. The Morgan fingerprint density at radius 2 is 1.89 bits per heavy atom. The van der Waals surface area contributed by atoms with Gasteiger partial charge in [-0.2, -0.15) is 0 Å². The molecule has 1 unspecified atom stereocenters. The van der Waals surface area contributed by atoms with E-state index in [1.807, 2.05) is 34.9 Å². The minimum Gasteiger partial charge on any atom is -0.389 e. The molecule has 3 saturated carbocycles. The summed E-state index contributed by atoms with van der Waals surface area (Å²) in [6, 6.07) is 11.1. The Morgan fingerprint density at radius 1 is 1.11 bits per heavy atom. The number of amides is 1. The average Bonchev–Trinajstić information content (AvgIpc) is 2.99. The highest BCUT2D eigenvalue weighted by atomic mass is 35.5. The number of carbonyl (C=O) groups excluding carboxylic acids is 1. The van der Waals surface area contributed by atoms with E-state index in [9.17, 15) is 14.7 Å². The van der Waals surface area contributed by atoms with Crippen LogP contribution in [0.2, 0.25) is 10.0 Å². The second kappa shape index (κ2) is 12.3. The molecule has 10 nitrogen and oxygen atoms in total. The van der Waals surface area contributed by atoms with Gasteiger partial charge in [0.15, 0.2) is 5.96 Å². The third kappa shape index (κ3) is 6.08. The van der Waals surface area contributed by atoms with E-state index in [4.69, 9.17) is 33.2 Å². The smallest absolute Gasteiger partial charge is 0.262 e. The molecule has 3 aliphatic carbocycles. The number of aromatic nitrogens is 2. The summed E-state index contributed by atoms with van der Waals surface area (Å²) in [5.74, 6) is 2.91. The SMILES string of the molecule is C[C@@H]1C(/N=C(/Nc2ccc3c(=O)n(CCc4ccc(Cl)cc4Cl)c(N4CC(O)C4)nc3c2)N2CC(=O)N[C@@H](C)C2)C[C@@H]2C[C@H]1C2(C)C. The van der Waals surface area contributed by atoms with Crippen molar-refractivity contribution in [3.8, 4) is 0 Å². The lowest BCUT2D eigenvalue weighted by atomic mass is 9.45. The number of aryl methyl sites for hydroxylation is 1.